The number of rotatable bonds is 11. The van der Waals surface area contributed by atoms with Crippen LogP contribution in [0.1, 0.15) is 31.4 Å². The molecule has 38 heavy (non-hydrogen) atoms. The highest BCUT2D eigenvalue weighted by atomic mass is 32.1. The van der Waals surface area contributed by atoms with Crippen LogP contribution in [0.4, 0.5) is 18.3 Å². The van der Waals surface area contributed by atoms with Gasteiger partial charge in [-0.1, -0.05) is 43.4 Å². The smallest absolute Gasteiger partial charge is 0.416 e. The number of hydrogen-bond donors (Lipinski definition) is 1. The summed E-state index contributed by atoms with van der Waals surface area (Å²) in [4.78, 5) is 27.0. The second kappa shape index (κ2) is 12.7. The van der Waals surface area contributed by atoms with E-state index in [1.54, 1.807) is 39.0 Å². The number of nitrogens with one attached hydrogen (secondary N) is 1. The molecule has 3 aromatic rings. The molecule has 0 aliphatic heterocycles. The number of carbonyl (C=O) groups excluding carboxylic acids is 2. The molecule has 204 valence electrons. The fourth-order valence-corrected chi connectivity index (χ4v) is 4.37. The van der Waals surface area contributed by atoms with E-state index in [0.29, 0.717) is 35.0 Å². The minimum Gasteiger partial charge on any atom is -0.493 e. The SMILES string of the molecule is COc1ccc(CCN(CCC(=O)Nc2nnc(-c3ccc(C(F)(F)F)cc3)s2)C(=O)C(C)C)cc1OC. The number of ether oxygens (including phenoxy) is 2. The number of amides is 2. The summed E-state index contributed by atoms with van der Waals surface area (Å²) < 4.78 is 48.9. The van der Waals surface area contributed by atoms with Crippen LogP contribution < -0.4 is 14.8 Å². The highest BCUT2D eigenvalue weighted by molar-refractivity contribution is 7.18. The Labute approximate surface area is 222 Å². The van der Waals surface area contributed by atoms with Gasteiger partial charge in [0.2, 0.25) is 16.9 Å². The first-order valence-electron chi connectivity index (χ1n) is 11.8. The number of halogens is 3. The average Bonchev–Trinajstić information content (AvgIpc) is 3.36. The molecule has 0 bridgehead atoms. The maximum atomic E-state index is 12.8. The zero-order valence-corrected chi connectivity index (χ0v) is 22.3. The van der Waals surface area contributed by atoms with E-state index in [2.05, 4.69) is 15.5 Å². The molecule has 0 unspecified atom stereocenters. The van der Waals surface area contributed by atoms with Gasteiger partial charge in [0.1, 0.15) is 5.01 Å². The van der Waals surface area contributed by atoms with Crippen LogP contribution in [0.3, 0.4) is 0 Å². The van der Waals surface area contributed by atoms with E-state index in [-0.39, 0.29) is 35.8 Å². The third-order valence-corrected chi connectivity index (χ3v) is 6.55. The van der Waals surface area contributed by atoms with Gasteiger partial charge in [0, 0.05) is 31.0 Å². The second-order valence-corrected chi connectivity index (χ2v) is 9.68. The number of anilines is 1. The van der Waals surface area contributed by atoms with Crippen molar-refractivity contribution in [2.24, 2.45) is 5.92 Å². The maximum Gasteiger partial charge on any atom is 0.416 e. The van der Waals surface area contributed by atoms with Crippen LogP contribution in [0.15, 0.2) is 42.5 Å². The van der Waals surface area contributed by atoms with E-state index in [1.165, 1.54) is 12.1 Å². The van der Waals surface area contributed by atoms with E-state index in [1.807, 2.05) is 12.1 Å². The number of benzene rings is 2. The van der Waals surface area contributed by atoms with E-state index in [9.17, 15) is 22.8 Å². The molecule has 0 saturated heterocycles. The molecule has 2 amide bonds. The molecule has 12 heteroatoms. The quantitative estimate of drug-likeness (QED) is 0.348. The molecule has 0 atom stereocenters. The van der Waals surface area contributed by atoms with E-state index in [0.717, 1.165) is 29.0 Å². The average molecular weight is 551 g/mol. The summed E-state index contributed by atoms with van der Waals surface area (Å²) in [5, 5.41) is 11.1. The van der Waals surface area contributed by atoms with Gasteiger partial charge < -0.3 is 19.7 Å². The van der Waals surface area contributed by atoms with Crippen molar-refractivity contribution in [3.8, 4) is 22.1 Å². The summed E-state index contributed by atoms with van der Waals surface area (Å²) in [6, 6.07) is 10.1. The van der Waals surface area contributed by atoms with Gasteiger partial charge in [0.15, 0.2) is 11.5 Å². The second-order valence-electron chi connectivity index (χ2n) is 8.70. The molecule has 0 fully saturated rings. The third-order valence-electron chi connectivity index (χ3n) is 5.66. The van der Waals surface area contributed by atoms with E-state index >= 15 is 0 Å². The topological polar surface area (TPSA) is 93.6 Å². The van der Waals surface area contributed by atoms with Crippen molar-refractivity contribution in [1.82, 2.24) is 15.1 Å². The minimum absolute atomic E-state index is 0.0413. The summed E-state index contributed by atoms with van der Waals surface area (Å²) in [6.45, 7) is 4.23. The van der Waals surface area contributed by atoms with Gasteiger partial charge >= 0.3 is 6.18 Å². The summed E-state index contributed by atoms with van der Waals surface area (Å²) >= 11 is 1.05. The molecule has 0 aliphatic carbocycles. The molecule has 0 aliphatic rings. The summed E-state index contributed by atoms with van der Waals surface area (Å²) in [6.07, 6.45) is -3.82. The number of aromatic nitrogens is 2. The van der Waals surface area contributed by atoms with Crippen molar-refractivity contribution < 1.29 is 32.2 Å². The lowest BCUT2D eigenvalue weighted by Gasteiger charge is -2.24. The predicted molar refractivity (Wildman–Crippen MR) is 138 cm³/mol. The Bertz CT molecular complexity index is 1250. The summed E-state index contributed by atoms with van der Waals surface area (Å²) in [7, 11) is 3.11. The maximum absolute atomic E-state index is 12.8. The van der Waals surface area contributed by atoms with Crippen LogP contribution >= 0.6 is 11.3 Å². The Kier molecular flexibility index (Phi) is 9.67. The van der Waals surface area contributed by atoms with Crippen molar-refractivity contribution in [1.29, 1.82) is 0 Å². The summed E-state index contributed by atoms with van der Waals surface area (Å²) in [5.41, 5.74) is 0.657. The van der Waals surface area contributed by atoms with Crippen molar-refractivity contribution in [3.05, 3.63) is 53.6 Å². The van der Waals surface area contributed by atoms with Gasteiger partial charge in [-0.2, -0.15) is 13.2 Å². The number of methoxy groups -OCH3 is 2. The summed E-state index contributed by atoms with van der Waals surface area (Å²) in [5.74, 6) is 0.546. The van der Waals surface area contributed by atoms with Gasteiger partial charge in [0.25, 0.3) is 0 Å². The number of nitrogens with zero attached hydrogens (tertiary/aromatic N) is 3. The fraction of sp³-hybridized carbons (Fsp3) is 0.385. The molecule has 1 aromatic heterocycles. The van der Waals surface area contributed by atoms with Gasteiger partial charge in [-0.3, -0.25) is 9.59 Å². The zero-order chi connectivity index (χ0) is 27.9. The molecule has 1 heterocycles. The predicted octanol–water partition coefficient (Wildman–Crippen LogP) is 5.30. The van der Waals surface area contributed by atoms with Gasteiger partial charge in [-0.05, 0) is 36.2 Å². The van der Waals surface area contributed by atoms with E-state index < -0.39 is 11.7 Å². The lowest BCUT2D eigenvalue weighted by atomic mass is 10.1. The van der Waals surface area contributed by atoms with E-state index in [4.69, 9.17) is 9.47 Å². The normalized spacial score (nSPS) is 11.4. The molecule has 0 radical (unpaired) electrons. The van der Waals surface area contributed by atoms with Gasteiger partial charge in [-0.15, -0.1) is 10.2 Å². The first kappa shape index (κ1) is 28.9. The van der Waals surface area contributed by atoms with Crippen LogP contribution in [0.2, 0.25) is 0 Å². The Morgan fingerprint density at radius 1 is 1.00 bits per heavy atom. The standard InChI is InChI=1S/C26H29F3N4O4S/c1-16(2)24(35)33(13-11-17-5-10-20(36-3)21(15-17)37-4)14-12-22(34)30-25-32-31-23(38-25)18-6-8-19(9-7-18)26(27,28)29/h5-10,15-16H,11-14H2,1-4H3,(H,30,32,34). The molecular weight excluding hydrogens is 521 g/mol. The number of alkyl halides is 3. The van der Waals surface area contributed by atoms with Gasteiger partial charge in [0.05, 0.1) is 19.8 Å². The Morgan fingerprint density at radius 2 is 1.68 bits per heavy atom. The van der Waals surface area contributed by atoms with Gasteiger partial charge in [-0.25, -0.2) is 0 Å². The van der Waals surface area contributed by atoms with Crippen molar-refractivity contribution >= 4 is 28.3 Å². The third kappa shape index (κ3) is 7.67. The lowest BCUT2D eigenvalue weighted by Crippen LogP contribution is -2.38. The van der Waals surface area contributed by atoms with Crippen LogP contribution in [0.25, 0.3) is 10.6 Å². The lowest BCUT2D eigenvalue weighted by molar-refractivity contribution is -0.137. The monoisotopic (exact) mass is 550 g/mol. The highest BCUT2D eigenvalue weighted by Gasteiger charge is 2.30. The van der Waals surface area contributed by atoms with Crippen LogP contribution in [0, 0.1) is 5.92 Å². The molecule has 2 aromatic carbocycles. The Morgan fingerprint density at radius 3 is 2.29 bits per heavy atom. The molecule has 1 N–H and O–H groups in total. The Hall–Kier alpha value is -3.67. The van der Waals surface area contributed by atoms with Crippen molar-refractivity contribution in [2.45, 2.75) is 32.9 Å². The number of hydrogen-bond acceptors (Lipinski definition) is 7. The number of carbonyl (C=O) groups is 2. The van der Waals surface area contributed by atoms with Crippen molar-refractivity contribution in [3.63, 3.8) is 0 Å². The Balaban J connectivity index is 1.59. The first-order chi connectivity index (χ1) is 18.0. The fourth-order valence-electron chi connectivity index (χ4n) is 3.61. The minimum atomic E-state index is -4.43. The highest BCUT2D eigenvalue weighted by Crippen LogP contribution is 2.32. The van der Waals surface area contributed by atoms with Crippen molar-refractivity contribution in [2.75, 3.05) is 32.6 Å². The van der Waals surface area contributed by atoms with Crippen LogP contribution in [-0.2, 0) is 22.2 Å². The van der Waals surface area contributed by atoms with Crippen LogP contribution in [-0.4, -0.2) is 54.2 Å². The molecule has 8 nitrogen and oxygen atoms in total. The molecular formula is C26H29F3N4O4S. The molecule has 0 saturated carbocycles. The molecule has 0 spiro atoms. The molecule has 3 rings (SSSR count). The zero-order valence-electron chi connectivity index (χ0n) is 21.5. The van der Waals surface area contributed by atoms with Crippen LogP contribution in [0.5, 0.6) is 11.5 Å². The first-order valence-corrected chi connectivity index (χ1v) is 12.6. The largest absolute Gasteiger partial charge is 0.493 e.